The molecule has 0 heterocycles. The van der Waals surface area contributed by atoms with Gasteiger partial charge >= 0.3 is 0 Å². The molecule has 19 heavy (non-hydrogen) atoms. The summed E-state index contributed by atoms with van der Waals surface area (Å²) in [5, 5.41) is 21.4. The quantitative estimate of drug-likeness (QED) is 0.786. The summed E-state index contributed by atoms with van der Waals surface area (Å²) in [6.07, 6.45) is 0.171. The number of hydrogen-bond acceptors (Lipinski definition) is 3. The number of carbonyl (C=O) groups excluding carboxylic acids is 1. The fourth-order valence-electron chi connectivity index (χ4n) is 2.39. The Balaban J connectivity index is 2.06. The molecule has 0 spiro atoms. The van der Waals surface area contributed by atoms with Crippen molar-refractivity contribution in [2.24, 2.45) is 5.92 Å². The van der Waals surface area contributed by atoms with Gasteiger partial charge in [-0.15, -0.1) is 0 Å². The van der Waals surface area contributed by atoms with Crippen molar-refractivity contribution in [1.82, 2.24) is 5.32 Å². The molecular formula is C13H15ClFNO3. The van der Waals surface area contributed by atoms with Gasteiger partial charge in [0.25, 0.3) is 5.91 Å². The van der Waals surface area contributed by atoms with E-state index < -0.39 is 17.8 Å². The lowest BCUT2D eigenvalue weighted by Gasteiger charge is -2.13. The highest BCUT2D eigenvalue weighted by atomic mass is 35.5. The van der Waals surface area contributed by atoms with Gasteiger partial charge in [0.05, 0.1) is 16.7 Å². The molecule has 3 atom stereocenters. The van der Waals surface area contributed by atoms with Crippen molar-refractivity contribution in [3.05, 3.63) is 34.6 Å². The molecule has 104 valence electrons. The molecule has 0 aromatic heterocycles. The fourth-order valence-corrected chi connectivity index (χ4v) is 2.64. The highest BCUT2D eigenvalue weighted by Crippen LogP contribution is 2.26. The van der Waals surface area contributed by atoms with Gasteiger partial charge in [0.2, 0.25) is 0 Å². The normalized spacial score (nSPS) is 26.4. The molecule has 1 fully saturated rings. The molecule has 0 unspecified atom stereocenters. The second kappa shape index (κ2) is 5.86. The Kier molecular flexibility index (Phi) is 4.39. The maximum atomic E-state index is 13.6. The van der Waals surface area contributed by atoms with Gasteiger partial charge in [0, 0.05) is 18.6 Å². The van der Waals surface area contributed by atoms with E-state index in [0.717, 1.165) is 0 Å². The molecule has 1 aliphatic rings. The number of benzene rings is 1. The minimum absolute atomic E-state index is 0.0507. The predicted molar refractivity (Wildman–Crippen MR) is 68.5 cm³/mol. The number of hydrogen-bond donors (Lipinski definition) is 3. The smallest absolute Gasteiger partial charge is 0.255 e. The Hall–Kier alpha value is -1.17. The molecule has 1 aromatic carbocycles. The van der Waals surface area contributed by atoms with E-state index in [0.29, 0.717) is 12.8 Å². The minimum atomic E-state index is -0.678. The number of halogens is 2. The van der Waals surface area contributed by atoms with E-state index in [2.05, 4.69) is 5.32 Å². The number of amides is 1. The highest BCUT2D eigenvalue weighted by Gasteiger charge is 2.33. The van der Waals surface area contributed by atoms with Crippen molar-refractivity contribution in [3.8, 4) is 0 Å². The third kappa shape index (κ3) is 3.05. The maximum Gasteiger partial charge on any atom is 0.255 e. The Morgan fingerprint density at radius 1 is 1.47 bits per heavy atom. The molecule has 1 amide bonds. The number of nitrogens with one attached hydrogen (secondary N) is 1. The van der Waals surface area contributed by atoms with E-state index in [1.807, 2.05) is 0 Å². The van der Waals surface area contributed by atoms with Crippen LogP contribution in [0.1, 0.15) is 23.2 Å². The van der Waals surface area contributed by atoms with Gasteiger partial charge in [-0.1, -0.05) is 17.7 Å². The van der Waals surface area contributed by atoms with E-state index in [4.69, 9.17) is 16.7 Å². The van der Waals surface area contributed by atoms with Gasteiger partial charge in [0.15, 0.2) is 0 Å². The molecule has 4 nitrogen and oxygen atoms in total. The van der Waals surface area contributed by atoms with Crippen LogP contribution in [-0.2, 0) is 0 Å². The number of aliphatic hydroxyl groups excluding tert-OH is 2. The van der Waals surface area contributed by atoms with Crippen LogP contribution in [0, 0.1) is 11.7 Å². The van der Waals surface area contributed by atoms with Crippen molar-refractivity contribution >= 4 is 17.5 Å². The first-order valence-corrected chi connectivity index (χ1v) is 6.44. The first kappa shape index (κ1) is 14.2. The second-order valence-corrected chi connectivity index (χ2v) is 5.16. The molecule has 1 aliphatic carbocycles. The Morgan fingerprint density at radius 3 is 2.79 bits per heavy atom. The van der Waals surface area contributed by atoms with Crippen molar-refractivity contribution < 1.29 is 19.4 Å². The Bertz CT molecular complexity index is 463. The highest BCUT2D eigenvalue weighted by molar-refractivity contribution is 6.33. The summed E-state index contributed by atoms with van der Waals surface area (Å²) in [4.78, 5) is 12.0. The molecular weight excluding hydrogens is 273 g/mol. The van der Waals surface area contributed by atoms with Crippen molar-refractivity contribution in [2.45, 2.75) is 25.0 Å². The second-order valence-electron chi connectivity index (χ2n) is 4.75. The average Bonchev–Trinajstić information content (AvgIpc) is 2.69. The zero-order chi connectivity index (χ0) is 14.0. The molecule has 0 bridgehead atoms. The molecule has 2 rings (SSSR count). The van der Waals surface area contributed by atoms with Gasteiger partial charge < -0.3 is 15.5 Å². The Morgan fingerprint density at radius 2 is 2.21 bits per heavy atom. The lowest BCUT2D eigenvalue weighted by atomic mass is 10.1. The number of carbonyl (C=O) groups is 1. The zero-order valence-corrected chi connectivity index (χ0v) is 10.9. The lowest BCUT2D eigenvalue weighted by Crippen LogP contribution is -2.34. The molecule has 6 heteroatoms. The first-order valence-electron chi connectivity index (χ1n) is 6.06. The van der Waals surface area contributed by atoms with Crippen LogP contribution in [0.3, 0.4) is 0 Å². The van der Waals surface area contributed by atoms with Crippen LogP contribution in [0.25, 0.3) is 0 Å². The van der Waals surface area contributed by atoms with Crippen LogP contribution in [0.4, 0.5) is 4.39 Å². The summed E-state index contributed by atoms with van der Waals surface area (Å²) in [5.74, 6) is -1.53. The summed E-state index contributed by atoms with van der Waals surface area (Å²) in [5.41, 5.74) is -0.189. The summed E-state index contributed by atoms with van der Waals surface area (Å²) in [6, 6.07) is 3.76. The van der Waals surface area contributed by atoms with Crippen LogP contribution >= 0.6 is 11.6 Å². The largest absolute Gasteiger partial charge is 0.396 e. The van der Waals surface area contributed by atoms with E-state index >= 15 is 0 Å². The van der Waals surface area contributed by atoms with E-state index in [9.17, 15) is 14.3 Å². The monoisotopic (exact) mass is 287 g/mol. The summed E-state index contributed by atoms with van der Waals surface area (Å²) in [7, 11) is 0. The lowest BCUT2D eigenvalue weighted by molar-refractivity contribution is 0.0903. The number of rotatable bonds is 3. The van der Waals surface area contributed by atoms with Gasteiger partial charge in [0.1, 0.15) is 5.82 Å². The van der Waals surface area contributed by atoms with Gasteiger partial charge in [-0.3, -0.25) is 4.79 Å². The topological polar surface area (TPSA) is 69.6 Å². The van der Waals surface area contributed by atoms with Crippen LogP contribution in [0.5, 0.6) is 0 Å². The predicted octanol–water partition coefficient (Wildman–Crippen LogP) is 1.34. The van der Waals surface area contributed by atoms with E-state index in [-0.39, 0.29) is 29.2 Å². The van der Waals surface area contributed by atoms with E-state index in [1.54, 1.807) is 0 Å². The van der Waals surface area contributed by atoms with Gasteiger partial charge in [-0.2, -0.15) is 0 Å². The molecule has 1 aromatic rings. The fraction of sp³-hybridized carbons (Fsp3) is 0.462. The van der Waals surface area contributed by atoms with E-state index in [1.165, 1.54) is 18.2 Å². The average molecular weight is 288 g/mol. The third-order valence-corrected chi connectivity index (χ3v) is 3.73. The molecule has 0 radical (unpaired) electrons. The SMILES string of the molecule is O=C(N[C@@H]1C[C@H](CO)[C@H](O)C1)c1c(F)cccc1Cl. The standard InChI is InChI=1S/C13H15ClFNO3/c14-9-2-1-3-10(15)12(9)13(19)16-8-4-7(6-17)11(18)5-8/h1-3,7-8,11,17-18H,4-6H2,(H,16,19)/t7-,8-,11-/m1/s1. The molecule has 0 saturated heterocycles. The number of aliphatic hydroxyl groups is 2. The third-order valence-electron chi connectivity index (χ3n) is 3.42. The molecule has 3 N–H and O–H groups in total. The van der Waals surface area contributed by atoms with Crippen molar-refractivity contribution in [2.75, 3.05) is 6.61 Å². The van der Waals surface area contributed by atoms with Gasteiger partial charge in [-0.05, 0) is 25.0 Å². The van der Waals surface area contributed by atoms with Crippen LogP contribution < -0.4 is 5.32 Å². The maximum absolute atomic E-state index is 13.6. The summed E-state index contributed by atoms with van der Waals surface area (Å²) < 4.78 is 13.6. The van der Waals surface area contributed by atoms with Crippen molar-refractivity contribution in [3.63, 3.8) is 0 Å². The van der Waals surface area contributed by atoms with Gasteiger partial charge in [-0.25, -0.2) is 4.39 Å². The minimum Gasteiger partial charge on any atom is -0.396 e. The van der Waals surface area contributed by atoms with Crippen LogP contribution in [0.2, 0.25) is 5.02 Å². The van der Waals surface area contributed by atoms with Crippen LogP contribution in [0.15, 0.2) is 18.2 Å². The van der Waals surface area contributed by atoms with Crippen LogP contribution in [-0.4, -0.2) is 34.9 Å². The summed E-state index contributed by atoms with van der Waals surface area (Å²) >= 11 is 5.80. The molecule has 1 saturated carbocycles. The Labute approximate surface area is 115 Å². The van der Waals surface area contributed by atoms with Crippen molar-refractivity contribution in [1.29, 1.82) is 0 Å². The molecule has 0 aliphatic heterocycles. The zero-order valence-electron chi connectivity index (χ0n) is 10.1. The first-order chi connectivity index (χ1) is 9.02. The summed E-state index contributed by atoms with van der Waals surface area (Å²) in [6.45, 7) is -0.131.